The van der Waals surface area contributed by atoms with Crippen molar-refractivity contribution in [1.29, 1.82) is 0 Å². The Morgan fingerprint density at radius 2 is 2.19 bits per heavy atom. The third-order valence-electron chi connectivity index (χ3n) is 2.76. The quantitative estimate of drug-likeness (QED) is 0.856. The Morgan fingerprint density at radius 1 is 1.44 bits per heavy atom. The molecule has 0 saturated carbocycles. The summed E-state index contributed by atoms with van der Waals surface area (Å²) in [7, 11) is 0. The number of aliphatic hydroxyl groups excluding tert-OH is 1. The second kappa shape index (κ2) is 5.72. The Kier molecular flexibility index (Phi) is 4.29. The van der Waals surface area contributed by atoms with Crippen molar-refractivity contribution in [2.45, 2.75) is 26.5 Å². The van der Waals surface area contributed by atoms with Crippen LogP contribution in [0, 0.1) is 0 Å². The van der Waals surface area contributed by atoms with Crippen LogP contribution in [0.5, 0.6) is 0 Å². The zero-order chi connectivity index (χ0) is 11.4. The van der Waals surface area contributed by atoms with Crippen molar-refractivity contribution >= 4 is 11.3 Å². The van der Waals surface area contributed by atoms with Crippen LogP contribution in [0.3, 0.4) is 0 Å². The van der Waals surface area contributed by atoms with E-state index in [0.29, 0.717) is 0 Å². The van der Waals surface area contributed by atoms with Gasteiger partial charge in [0.25, 0.3) is 0 Å². The number of ether oxygens (including phenoxy) is 1. The number of hydrogen-bond donors (Lipinski definition) is 1. The number of nitrogens with zero attached hydrogens (tertiary/aromatic N) is 2. The average Bonchev–Trinajstić information content (AvgIpc) is 2.72. The van der Waals surface area contributed by atoms with Crippen molar-refractivity contribution in [1.82, 2.24) is 9.88 Å². The summed E-state index contributed by atoms with van der Waals surface area (Å²) >= 11 is 1.72. The van der Waals surface area contributed by atoms with Crippen molar-refractivity contribution in [2.75, 3.05) is 26.3 Å². The molecule has 1 saturated heterocycles. The highest BCUT2D eigenvalue weighted by molar-refractivity contribution is 7.11. The number of hydrogen-bond acceptors (Lipinski definition) is 5. The monoisotopic (exact) mass is 242 g/mol. The number of aromatic nitrogens is 1. The molecular weight excluding hydrogens is 224 g/mol. The molecule has 0 radical (unpaired) electrons. The maximum absolute atomic E-state index is 9.18. The number of aliphatic hydroxyl groups is 1. The fourth-order valence-corrected chi connectivity index (χ4v) is 2.91. The summed E-state index contributed by atoms with van der Waals surface area (Å²) in [5.74, 6) is 0. The third-order valence-corrected chi connectivity index (χ3v) is 3.98. The molecule has 90 valence electrons. The van der Waals surface area contributed by atoms with Crippen LogP contribution >= 0.6 is 11.3 Å². The van der Waals surface area contributed by atoms with Gasteiger partial charge in [-0.15, -0.1) is 11.3 Å². The molecule has 0 amide bonds. The van der Waals surface area contributed by atoms with E-state index in [4.69, 9.17) is 4.74 Å². The van der Waals surface area contributed by atoms with E-state index in [-0.39, 0.29) is 6.61 Å². The van der Waals surface area contributed by atoms with Gasteiger partial charge in [0.1, 0.15) is 5.01 Å². The molecule has 2 rings (SSSR count). The Morgan fingerprint density at radius 3 is 2.75 bits per heavy atom. The van der Waals surface area contributed by atoms with Crippen LogP contribution in [0.4, 0.5) is 0 Å². The molecule has 0 unspecified atom stereocenters. The van der Waals surface area contributed by atoms with Gasteiger partial charge in [0.05, 0.1) is 32.1 Å². The van der Waals surface area contributed by atoms with Crippen LogP contribution in [0.1, 0.15) is 22.5 Å². The highest BCUT2D eigenvalue weighted by atomic mass is 32.1. The lowest BCUT2D eigenvalue weighted by Gasteiger charge is -2.25. The van der Waals surface area contributed by atoms with Crippen LogP contribution in [0.15, 0.2) is 0 Å². The molecule has 4 nitrogen and oxygen atoms in total. The van der Waals surface area contributed by atoms with Gasteiger partial charge in [-0.25, -0.2) is 4.98 Å². The molecule has 1 aliphatic rings. The first kappa shape index (κ1) is 12.0. The molecule has 0 bridgehead atoms. The van der Waals surface area contributed by atoms with E-state index < -0.39 is 0 Å². The SMILES string of the molecule is CCc1sc(CN2CCOCC2)nc1CO. The molecular formula is C11H18N2O2S. The first-order chi connectivity index (χ1) is 7.83. The molecule has 16 heavy (non-hydrogen) atoms. The molecule has 5 heteroatoms. The molecule has 1 aromatic heterocycles. The molecule has 0 aliphatic carbocycles. The van der Waals surface area contributed by atoms with E-state index in [1.54, 1.807) is 11.3 Å². The average molecular weight is 242 g/mol. The maximum Gasteiger partial charge on any atom is 0.107 e. The van der Waals surface area contributed by atoms with Crippen LogP contribution < -0.4 is 0 Å². The van der Waals surface area contributed by atoms with E-state index in [1.807, 2.05) is 0 Å². The summed E-state index contributed by atoms with van der Waals surface area (Å²) in [6, 6.07) is 0. The van der Waals surface area contributed by atoms with E-state index in [1.165, 1.54) is 4.88 Å². The van der Waals surface area contributed by atoms with Gasteiger partial charge in [-0.3, -0.25) is 4.90 Å². The zero-order valence-corrected chi connectivity index (χ0v) is 10.4. The normalized spacial score (nSPS) is 17.9. The molecule has 2 heterocycles. The smallest absolute Gasteiger partial charge is 0.107 e. The van der Waals surface area contributed by atoms with Crippen LogP contribution in [0.25, 0.3) is 0 Å². The lowest BCUT2D eigenvalue weighted by atomic mass is 10.3. The number of morpholine rings is 1. The third kappa shape index (κ3) is 2.79. The summed E-state index contributed by atoms with van der Waals surface area (Å²) in [5, 5.41) is 10.3. The Balaban J connectivity index is 2.00. The fourth-order valence-electron chi connectivity index (χ4n) is 1.85. The summed E-state index contributed by atoms with van der Waals surface area (Å²) in [4.78, 5) is 8.04. The number of rotatable bonds is 4. The van der Waals surface area contributed by atoms with Crippen LogP contribution in [-0.4, -0.2) is 41.3 Å². The molecule has 0 aromatic carbocycles. The molecule has 0 spiro atoms. The largest absolute Gasteiger partial charge is 0.390 e. The van der Waals surface area contributed by atoms with Crippen molar-refractivity contribution < 1.29 is 9.84 Å². The first-order valence-electron chi connectivity index (χ1n) is 5.72. The van der Waals surface area contributed by atoms with Gasteiger partial charge in [0.2, 0.25) is 0 Å². The molecule has 1 aliphatic heterocycles. The summed E-state index contributed by atoms with van der Waals surface area (Å²) in [5.41, 5.74) is 0.857. The predicted molar refractivity (Wildman–Crippen MR) is 63.5 cm³/mol. The minimum Gasteiger partial charge on any atom is -0.390 e. The van der Waals surface area contributed by atoms with E-state index in [2.05, 4.69) is 16.8 Å². The van der Waals surface area contributed by atoms with Gasteiger partial charge in [-0.2, -0.15) is 0 Å². The first-order valence-corrected chi connectivity index (χ1v) is 6.53. The van der Waals surface area contributed by atoms with Crippen molar-refractivity contribution in [2.24, 2.45) is 0 Å². The van der Waals surface area contributed by atoms with Gasteiger partial charge >= 0.3 is 0 Å². The van der Waals surface area contributed by atoms with Crippen LogP contribution in [-0.2, 0) is 24.3 Å². The zero-order valence-electron chi connectivity index (χ0n) is 9.61. The Hall–Kier alpha value is -0.490. The standard InChI is InChI=1S/C11H18N2O2S/c1-2-10-9(8-14)12-11(16-10)7-13-3-5-15-6-4-13/h14H,2-8H2,1H3. The van der Waals surface area contributed by atoms with Crippen molar-refractivity contribution in [3.8, 4) is 0 Å². The van der Waals surface area contributed by atoms with Crippen LogP contribution in [0.2, 0.25) is 0 Å². The van der Waals surface area contributed by atoms with Gasteiger partial charge in [-0.05, 0) is 6.42 Å². The fraction of sp³-hybridized carbons (Fsp3) is 0.727. The second-order valence-electron chi connectivity index (χ2n) is 3.88. The van der Waals surface area contributed by atoms with E-state index in [0.717, 1.165) is 50.0 Å². The maximum atomic E-state index is 9.18. The van der Waals surface area contributed by atoms with Gasteiger partial charge in [0.15, 0.2) is 0 Å². The predicted octanol–water partition coefficient (Wildman–Crippen LogP) is 1.03. The van der Waals surface area contributed by atoms with E-state index in [9.17, 15) is 5.11 Å². The molecule has 1 N–H and O–H groups in total. The second-order valence-corrected chi connectivity index (χ2v) is 5.05. The molecule has 1 aromatic rings. The van der Waals surface area contributed by atoms with Crippen molar-refractivity contribution in [3.05, 3.63) is 15.6 Å². The number of aryl methyl sites for hydroxylation is 1. The summed E-state index contributed by atoms with van der Waals surface area (Å²) in [6.07, 6.45) is 0.955. The lowest BCUT2D eigenvalue weighted by molar-refractivity contribution is 0.0341. The lowest BCUT2D eigenvalue weighted by Crippen LogP contribution is -2.35. The van der Waals surface area contributed by atoms with Gasteiger partial charge < -0.3 is 9.84 Å². The Labute approximate surface area is 99.9 Å². The summed E-state index contributed by atoms with van der Waals surface area (Å²) in [6.45, 7) is 6.65. The molecule has 0 atom stereocenters. The van der Waals surface area contributed by atoms with Gasteiger partial charge in [0, 0.05) is 18.0 Å². The van der Waals surface area contributed by atoms with E-state index >= 15 is 0 Å². The summed E-state index contributed by atoms with van der Waals surface area (Å²) < 4.78 is 5.31. The highest BCUT2D eigenvalue weighted by Crippen LogP contribution is 2.21. The minimum atomic E-state index is 0.0583. The van der Waals surface area contributed by atoms with Crippen molar-refractivity contribution in [3.63, 3.8) is 0 Å². The van der Waals surface area contributed by atoms with Gasteiger partial charge in [-0.1, -0.05) is 6.92 Å². The highest BCUT2D eigenvalue weighted by Gasteiger charge is 2.14. The topological polar surface area (TPSA) is 45.6 Å². The minimum absolute atomic E-state index is 0.0583. The number of thiazole rings is 1. The Bertz CT molecular complexity index is 313. The molecule has 1 fully saturated rings.